The molecule has 1 aliphatic heterocycles. The molecule has 1 aromatic heterocycles. The van der Waals surface area contributed by atoms with Crippen molar-refractivity contribution in [3.8, 4) is 11.8 Å². The molecule has 41 heavy (non-hydrogen) atoms. The normalized spacial score (nSPS) is 19.7. The third-order valence-electron chi connectivity index (χ3n) is 6.86. The summed E-state index contributed by atoms with van der Waals surface area (Å²) < 4.78 is 50.9. The SMILES string of the molecule is CC(C)(C)OC(=O)N1CCN(c2cnc(C(=O)NC3CCC(Oc4ccc(C#N)c(C(F)(F)F)c4)CC3)cn2)CC1. The van der Waals surface area contributed by atoms with Gasteiger partial charge in [0.25, 0.3) is 5.91 Å². The van der Waals surface area contributed by atoms with Gasteiger partial charge in [-0.3, -0.25) is 4.79 Å². The first kappa shape index (κ1) is 29.9. The van der Waals surface area contributed by atoms with E-state index in [-0.39, 0.29) is 35.6 Å². The van der Waals surface area contributed by atoms with E-state index in [4.69, 9.17) is 14.7 Å². The van der Waals surface area contributed by atoms with Gasteiger partial charge in [0, 0.05) is 32.2 Å². The first-order valence-electron chi connectivity index (χ1n) is 13.5. The number of anilines is 1. The third-order valence-corrected chi connectivity index (χ3v) is 6.86. The fourth-order valence-electron chi connectivity index (χ4n) is 4.75. The molecule has 220 valence electrons. The topological polar surface area (TPSA) is 121 Å². The molecule has 2 amide bonds. The van der Waals surface area contributed by atoms with Crippen molar-refractivity contribution in [1.82, 2.24) is 20.2 Å². The summed E-state index contributed by atoms with van der Waals surface area (Å²) in [6.45, 7) is 7.57. The van der Waals surface area contributed by atoms with Crippen LogP contribution in [-0.4, -0.2) is 70.8 Å². The molecule has 2 aromatic rings. The van der Waals surface area contributed by atoms with Gasteiger partial charge in [-0.15, -0.1) is 0 Å². The molecular weight excluding hydrogens is 541 g/mol. The highest BCUT2D eigenvalue weighted by molar-refractivity contribution is 5.92. The number of carbonyl (C=O) groups excluding carboxylic acids is 2. The third kappa shape index (κ3) is 7.99. The van der Waals surface area contributed by atoms with Gasteiger partial charge in [0.05, 0.1) is 35.7 Å². The van der Waals surface area contributed by atoms with E-state index >= 15 is 0 Å². The maximum atomic E-state index is 13.2. The predicted molar refractivity (Wildman–Crippen MR) is 142 cm³/mol. The summed E-state index contributed by atoms with van der Waals surface area (Å²) in [5, 5.41) is 11.9. The van der Waals surface area contributed by atoms with Crippen LogP contribution in [-0.2, 0) is 10.9 Å². The zero-order chi connectivity index (χ0) is 29.8. The van der Waals surface area contributed by atoms with Gasteiger partial charge >= 0.3 is 12.3 Å². The fourth-order valence-corrected chi connectivity index (χ4v) is 4.75. The van der Waals surface area contributed by atoms with Crippen molar-refractivity contribution in [2.75, 3.05) is 31.1 Å². The number of hydrogen-bond acceptors (Lipinski definition) is 8. The lowest BCUT2D eigenvalue weighted by Crippen LogP contribution is -2.50. The highest BCUT2D eigenvalue weighted by Gasteiger charge is 2.34. The lowest BCUT2D eigenvalue weighted by Gasteiger charge is -2.36. The lowest BCUT2D eigenvalue weighted by atomic mass is 9.92. The van der Waals surface area contributed by atoms with Crippen LogP contribution in [0.3, 0.4) is 0 Å². The minimum Gasteiger partial charge on any atom is -0.490 e. The fraction of sp³-hybridized carbons (Fsp3) is 0.536. The predicted octanol–water partition coefficient (Wildman–Crippen LogP) is 4.54. The number of carbonyl (C=O) groups is 2. The summed E-state index contributed by atoms with van der Waals surface area (Å²) in [6, 6.07) is 4.76. The lowest BCUT2D eigenvalue weighted by molar-refractivity contribution is -0.137. The molecule has 4 rings (SSSR count). The number of benzene rings is 1. The number of halogens is 3. The Labute approximate surface area is 236 Å². The van der Waals surface area contributed by atoms with Crippen molar-refractivity contribution in [3.05, 3.63) is 47.4 Å². The number of alkyl halides is 3. The van der Waals surface area contributed by atoms with Gasteiger partial charge in [-0.25, -0.2) is 14.8 Å². The smallest absolute Gasteiger partial charge is 0.417 e. The maximum absolute atomic E-state index is 13.2. The molecule has 1 N–H and O–H groups in total. The van der Waals surface area contributed by atoms with Gasteiger partial charge in [0.1, 0.15) is 22.9 Å². The van der Waals surface area contributed by atoms with Gasteiger partial charge in [0.2, 0.25) is 0 Å². The Balaban J connectivity index is 1.23. The molecule has 0 spiro atoms. The summed E-state index contributed by atoms with van der Waals surface area (Å²) in [4.78, 5) is 37.3. The molecule has 1 saturated heterocycles. The molecule has 2 aliphatic rings. The van der Waals surface area contributed by atoms with E-state index in [9.17, 15) is 22.8 Å². The van der Waals surface area contributed by atoms with Crippen molar-refractivity contribution < 1.29 is 32.2 Å². The van der Waals surface area contributed by atoms with Crippen LogP contribution >= 0.6 is 0 Å². The monoisotopic (exact) mass is 574 g/mol. The van der Waals surface area contributed by atoms with Crippen molar-refractivity contribution in [2.24, 2.45) is 0 Å². The number of nitrogens with zero attached hydrogens (tertiary/aromatic N) is 5. The van der Waals surface area contributed by atoms with Crippen LogP contribution in [0.4, 0.5) is 23.8 Å². The summed E-state index contributed by atoms with van der Waals surface area (Å²) in [7, 11) is 0. The number of aromatic nitrogens is 2. The first-order chi connectivity index (χ1) is 19.3. The number of rotatable bonds is 5. The van der Waals surface area contributed by atoms with Crippen LogP contribution in [0.25, 0.3) is 0 Å². The molecule has 2 fully saturated rings. The Hall–Kier alpha value is -4.08. The molecular formula is C28H33F3N6O4. The highest BCUT2D eigenvalue weighted by Crippen LogP contribution is 2.35. The van der Waals surface area contributed by atoms with Gasteiger partial charge in [0.15, 0.2) is 0 Å². The number of amides is 2. The maximum Gasteiger partial charge on any atom is 0.417 e. The van der Waals surface area contributed by atoms with Gasteiger partial charge in [-0.05, 0) is 64.7 Å². The zero-order valence-electron chi connectivity index (χ0n) is 23.2. The minimum absolute atomic E-state index is 0.0606. The van der Waals surface area contributed by atoms with Crippen LogP contribution in [0.2, 0.25) is 0 Å². The number of ether oxygens (including phenoxy) is 2. The van der Waals surface area contributed by atoms with Crippen molar-refractivity contribution in [3.63, 3.8) is 0 Å². The molecule has 1 aliphatic carbocycles. The Kier molecular flexibility index (Phi) is 8.89. The average Bonchev–Trinajstić information content (AvgIpc) is 2.93. The van der Waals surface area contributed by atoms with E-state index in [1.54, 1.807) is 11.0 Å². The van der Waals surface area contributed by atoms with Crippen molar-refractivity contribution in [2.45, 2.75) is 70.4 Å². The number of nitrogens with one attached hydrogen (secondary N) is 1. The second-order valence-corrected chi connectivity index (χ2v) is 11.1. The summed E-state index contributed by atoms with van der Waals surface area (Å²) >= 11 is 0. The molecule has 13 heteroatoms. The van der Waals surface area contributed by atoms with E-state index in [1.165, 1.54) is 18.5 Å². The number of hydrogen-bond donors (Lipinski definition) is 1. The highest BCUT2D eigenvalue weighted by atomic mass is 19.4. The van der Waals surface area contributed by atoms with Crippen molar-refractivity contribution in [1.29, 1.82) is 5.26 Å². The Morgan fingerprint density at radius 1 is 1.02 bits per heavy atom. The largest absolute Gasteiger partial charge is 0.490 e. The van der Waals surface area contributed by atoms with Gasteiger partial charge in [-0.2, -0.15) is 18.4 Å². The molecule has 1 saturated carbocycles. The second-order valence-electron chi connectivity index (χ2n) is 11.1. The van der Waals surface area contributed by atoms with Crippen LogP contribution in [0.5, 0.6) is 5.75 Å². The Morgan fingerprint density at radius 3 is 2.27 bits per heavy atom. The second kappa shape index (κ2) is 12.2. The molecule has 0 bridgehead atoms. The quantitative estimate of drug-likeness (QED) is 0.553. The number of nitriles is 1. The van der Waals surface area contributed by atoms with Gasteiger partial charge < -0.3 is 24.6 Å². The minimum atomic E-state index is -4.65. The molecule has 1 aromatic carbocycles. The average molecular weight is 575 g/mol. The van der Waals surface area contributed by atoms with Gasteiger partial charge in [-0.1, -0.05) is 0 Å². The Bertz CT molecular complexity index is 1270. The van der Waals surface area contributed by atoms with E-state index < -0.39 is 22.9 Å². The van der Waals surface area contributed by atoms with E-state index in [0.717, 1.165) is 12.1 Å². The molecule has 10 nitrogen and oxygen atoms in total. The van der Waals surface area contributed by atoms with Crippen molar-refractivity contribution >= 4 is 17.8 Å². The summed E-state index contributed by atoms with van der Waals surface area (Å²) in [5.74, 6) is 0.315. The number of piperazine rings is 1. The standard InChI is InChI=1S/C28H33F3N6O4/c1-27(2,3)41-26(39)37-12-10-36(11-13-37)24-17-33-23(16-34-24)25(38)35-19-5-8-20(9-6-19)40-21-7-4-18(15-32)22(14-21)28(29,30)31/h4,7,14,16-17,19-20H,5-6,8-13H2,1-3H3,(H,35,38). The van der Waals surface area contributed by atoms with Crippen LogP contribution in [0.1, 0.15) is 68.1 Å². The van der Waals surface area contributed by atoms with Crippen LogP contribution in [0, 0.1) is 11.3 Å². The molecule has 0 atom stereocenters. The first-order valence-corrected chi connectivity index (χ1v) is 13.5. The molecule has 0 unspecified atom stereocenters. The summed E-state index contributed by atoms with van der Waals surface area (Å²) in [6.07, 6.45) is -0.0628. The van der Waals surface area contributed by atoms with E-state index in [2.05, 4.69) is 15.3 Å². The Morgan fingerprint density at radius 2 is 1.71 bits per heavy atom. The molecule has 0 radical (unpaired) electrons. The van der Waals surface area contributed by atoms with Crippen LogP contribution < -0.4 is 15.0 Å². The van der Waals surface area contributed by atoms with E-state index in [0.29, 0.717) is 57.7 Å². The summed E-state index contributed by atoms with van der Waals surface area (Å²) in [5.41, 5.74) is -1.85. The zero-order valence-corrected chi connectivity index (χ0v) is 23.2. The van der Waals surface area contributed by atoms with E-state index in [1.807, 2.05) is 25.7 Å². The molecule has 2 heterocycles. The van der Waals surface area contributed by atoms with Crippen LogP contribution in [0.15, 0.2) is 30.6 Å².